The summed E-state index contributed by atoms with van der Waals surface area (Å²) in [6, 6.07) is 6.17. The molecule has 3 nitrogen and oxygen atoms in total. The van der Waals surface area contributed by atoms with E-state index in [1.165, 1.54) is 5.56 Å². The fourth-order valence-corrected chi connectivity index (χ4v) is 2.62. The molecule has 0 unspecified atom stereocenters. The number of aromatic amines is 1. The molecule has 3 heteroatoms. The van der Waals surface area contributed by atoms with Crippen LogP contribution in [0.25, 0.3) is 10.9 Å². The second-order valence-electron chi connectivity index (χ2n) is 5.00. The second-order valence-corrected chi connectivity index (χ2v) is 5.00. The highest BCUT2D eigenvalue weighted by Crippen LogP contribution is 2.26. The van der Waals surface area contributed by atoms with Gasteiger partial charge in [0.25, 0.3) is 0 Å². The number of rotatable bonds is 2. The van der Waals surface area contributed by atoms with Crippen molar-refractivity contribution in [3.63, 3.8) is 0 Å². The number of benzene rings is 1. The van der Waals surface area contributed by atoms with Crippen molar-refractivity contribution in [1.29, 1.82) is 0 Å². The van der Waals surface area contributed by atoms with Crippen LogP contribution in [-0.2, 0) is 4.74 Å². The number of aromatic nitrogens is 1. The van der Waals surface area contributed by atoms with Gasteiger partial charge in [-0.3, -0.25) is 4.79 Å². The van der Waals surface area contributed by atoms with E-state index in [9.17, 15) is 4.79 Å². The number of nitrogens with one attached hydrogen (secondary N) is 1. The first-order valence-corrected chi connectivity index (χ1v) is 6.45. The predicted molar refractivity (Wildman–Crippen MR) is 70.9 cm³/mol. The van der Waals surface area contributed by atoms with Crippen LogP contribution in [0.1, 0.15) is 28.8 Å². The molecule has 0 radical (unpaired) electrons. The Kier molecular flexibility index (Phi) is 2.92. The molecule has 18 heavy (non-hydrogen) atoms. The van der Waals surface area contributed by atoms with E-state index in [4.69, 9.17) is 4.74 Å². The molecule has 1 saturated heterocycles. The average molecular weight is 243 g/mol. The van der Waals surface area contributed by atoms with Gasteiger partial charge in [0.1, 0.15) is 0 Å². The first-order chi connectivity index (χ1) is 8.75. The molecule has 1 aliphatic heterocycles. The molecule has 1 N–H and O–H groups in total. The van der Waals surface area contributed by atoms with E-state index in [1.54, 1.807) is 0 Å². The van der Waals surface area contributed by atoms with E-state index < -0.39 is 0 Å². The molecular formula is C15H17NO2. The van der Waals surface area contributed by atoms with Gasteiger partial charge in [-0.2, -0.15) is 0 Å². The van der Waals surface area contributed by atoms with Crippen LogP contribution < -0.4 is 0 Å². The third-order valence-corrected chi connectivity index (χ3v) is 3.69. The number of hydrogen-bond donors (Lipinski definition) is 1. The fraction of sp³-hybridized carbons (Fsp3) is 0.400. The van der Waals surface area contributed by atoms with Crippen molar-refractivity contribution in [2.75, 3.05) is 13.2 Å². The van der Waals surface area contributed by atoms with Gasteiger partial charge in [-0.25, -0.2) is 0 Å². The summed E-state index contributed by atoms with van der Waals surface area (Å²) >= 11 is 0. The second kappa shape index (κ2) is 4.58. The Bertz CT molecular complexity index is 579. The molecule has 1 aromatic heterocycles. The Labute approximate surface area is 106 Å². The molecule has 3 rings (SSSR count). The largest absolute Gasteiger partial charge is 0.381 e. The predicted octanol–water partition coefficient (Wildman–Crippen LogP) is 3.09. The highest BCUT2D eigenvalue weighted by atomic mass is 16.5. The van der Waals surface area contributed by atoms with Crippen LogP contribution in [0.15, 0.2) is 24.4 Å². The molecule has 2 heterocycles. The maximum Gasteiger partial charge on any atom is 0.168 e. The highest BCUT2D eigenvalue weighted by Gasteiger charge is 2.24. The molecule has 0 atom stereocenters. The summed E-state index contributed by atoms with van der Waals surface area (Å²) < 4.78 is 5.31. The van der Waals surface area contributed by atoms with E-state index in [0.29, 0.717) is 13.2 Å². The number of H-pyrrole nitrogens is 1. The zero-order chi connectivity index (χ0) is 12.5. The summed E-state index contributed by atoms with van der Waals surface area (Å²) in [6.45, 7) is 3.47. The number of carbonyl (C=O) groups is 1. The van der Waals surface area contributed by atoms with Crippen LogP contribution in [0.4, 0.5) is 0 Å². The molecule has 0 spiro atoms. The normalized spacial score (nSPS) is 17.2. The molecule has 1 aliphatic rings. The van der Waals surface area contributed by atoms with E-state index >= 15 is 0 Å². The van der Waals surface area contributed by atoms with E-state index in [1.807, 2.05) is 12.3 Å². The zero-order valence-corrected chi connectivity index (χ0v) is 10.5. The van der Waals surface area contributed by atoms with Crippen molar-refractivity contribution in [3.05, 3.63) is 35.5 Å². The monoisotopic (exact) mass is 243 g/mol. The van der Waals surface area contributed by atoms with Gasteiger partial charge in [-0.15, -0.1) is 0 Å². The van der Waals surface area contributed by atoms with Crippen LogP contribution in [0.5, 0.6) is 0 Å². The maximum atomic E-state index is 12.5. The van der Waals surface area contributed by atoms with Crippen LogP contribution in [0.3, 0.4) is 0 Å². The van der Waals surface area contributed by atoms with Gasteiger partial charge in [0.2, 0.25) is 0 Å². The van der Waals surface area contributed by atoms with Gasteiger partial charge in [0.15, 0.2) is 5.78 Å². The summed E-state index contributed by atoms with van der Waals surface area (Å²) in [6.07, 6.45) is 3.54. The third-order valence-electron chi connectivity index (χ3n) is 3.69. The molecule has 2 aromatic rings. The first kappa shape index (κ1) is 11.5. The Morgan fingerprint density at radius 3 is 2.89 bits per heavy atom. The molecule has 0 bridgehead atoms. The van der Waals surface area contributed by atoms with Gasteiger partial charge in [0.05, 0.1) is 0 Å². The summed E-state index contributed by atoms with van der Waals surface area (Å²) in [4.78, 5) is 15.7. The Balaban J connectivity index is 1.96. The zero-order valence-electron chi connectivity index (χ0n) is 10.5. The number of ether oxygens (including phenoxy) is 1. The molecule has 1 aromatic carbocycles. The van der Waals surface area contributed by atoms with Gasteiger partial charge in [-0.05, 0) is 31.4 Å². The SMILES string of the molecule is Cc1ccc2c(C(=O)C3CCOCC3)c[nH]c2c1. The molecular weight excluding hydrogens is 226 g/mol. The van der Waals surface area contributed by atoms with Gasteiger partial charge < -0.3 is 9.72 Å². The van der Waals surface area contributed by atoms with Crippen LogP contribution in [0.2, 0.25) is 0 Å². The van der Waals surface area contributed by atoms with Crippen molar-refractivity contribution < 1.29 is 9.53 Å². The Morgan fingerprint density at radius 2 is 2.11 bits per heavy atom. The maximum absolute atomic E-state index is 12.5. The quantitative estimate of drug-likeness (QED) is 0.823. The fourth-order valence-electron chi connectivity index (χ4n) is 2.62. The number of aryl methyl sites for hydroxylation is 1. The first-order valence-electron chi connectivity index (χ1n) is 6.45. The van der Waals surface area contributed by atoms with Gasteiger partial charge >= 0.3 is 0 Å². The van der Waals surface area contributed by atoms with E-state index in [2.05, 4.69) is 24.0 Å². The molecule has 0 aliphatic carbocycles. The standard InChI is InChI=1S/C15H17NO2/c1-10-2-3-12-13(9-16-14(12)8-10)15(17)11-4-6-18-7-5-11/h2-3,8-9,11,16H,4-7H2,1H3. The van der Waals surface area contributed by atoms with Crippen LogP contribution in [0, 0.1) is 12.8 Å². The minimum absolute atomic E-state index is 0.124. The number of hydrogen-bond acceptors (Lipinski definition) is 2. The minimum Gasteiger partial charge on any atom is -0.381 e. The van der Waals surface area contributed by atoms with Crippen LogP contribution >= 0.6 is 0 Å². The molecule has 0 saturated carbocycles. The lowest BCUT2D eigenvalue weighted by molar-refractivity contribution is 0.0546. The number of carbonyl (C=O) groups excluding carboxylic acids is 1. The highest BCUT2D eigenvalue weighted by molar-refractivity contribution is 6.09. The topological polar surface area (TPSA) is 42.1 Å². The summed E-state index contributed by atoms with van der Waals surface area (Å²) in [5, 5.41) is 1.04. The lowest BCUT2D eigenvalue weighted by Crippen LogP contribution is -2.23. The summed E-state index contributed by atoms with van der Waals surface area (Å²) in [7, 11) is 0. The lowest BCUT2D eigenvalue weighted by Gasteiger charge is -2.20. The number of ketones is 1. The average Bonchev–Trinajstić information content (AvgIpc) is 2.81. The number of fused-ring (bicyclic) bond motifs is 1. The van der Waals surface area contributed by atoms with Crippen molar-refractivity contribution in [2.24, 2.45) is 5.92 Å². The number of Topliss-reactive ketones (excluding diaryl/α,β-unsaturated/α-hetero) is 1. The Hall–Kier alpha value is -1.61. The third kappa shape index (κ3) is 1.95. The van der Waals surface area contributed by atoms with Gasteiger partial charge in [0, 0.05) is 41.8 Å². The molecule has 94 valence electrons. The summed E-state index contributed by atoms with van der Waals surface area (Å²) in [5.74, 6) is 0.382. The lowest BCUT2D eigenvalue weighted by atomic mass is 9.91. The minimum atomic E-state index is 0.124. The van der Waals surface area contributed by atoms with Crippen molar-refractivity contribution in [2.45, 2.75) is 19.8 Å². The Morgan fingerprint density at radius 1 is 1.33 bits per heavy atom. The van der Waals surface area contributed by atoms with E-state index in [0.717, 1.165) is 29.3 Å². The van der Waals surface area contributed by atoms with Crippen molar-refractivity contribution >= 4 is 16.7 Å². The van der Waals surface area contributed by atoms with E-state index in [-0.39, 0.29) is 11.7 Å². The summed E-state index contributed by atoms with van der Waals surface area (Å²) in [5.41, 5.74) is 3.08. The van der Waals surface area contributed by atoms with Crippen molar-refractivity contribution in [1.82, 2.24) is 4.98 Å². The molecule has 0 amide bonds. The van der Waals surface area contributed by atoms with Crippen molar-refractivity contribution in [3.8, 4) is 0 Å². The molecule has 1 fully saturated rings. The van der Waals surface area contributed by atoms with Gasteiger partial charge in [-0.1, -0.05) is 12.1 Å². The van der Waals surface area contributed by atoms with Crippen LogP contribution in [-0.4, -0.2) is 24.0 Å². The smallest absolute Gasteiger partial charge is 0.168 e.